The third-order valence-electron chi connectivity index (χ3n) is 4.14. The van der Waals surface area contributed by atoms with E-state index in [1.54, 1.807) is 6.21 Å². The topological polar surface area (TPSA) is 42.2 Å². The van der Waals surface area contributed by atoms with E-state index in [9.17, 15) is 0 Å². The van der Waals surface area contributed by atoms with E-state index in [-0.39, 0.29) is 0 Å². The van der Waals surface area contributed by atoms with Crippen LogP contribution in [0.2, 0.25) is 5.02 Å². The van der Waals surface area contributed by atoms with Crippen molar-refractivity contribution in [2.75, 3.05) is 5.43 Å². The molecule has 0 saturated heterocycles. The molecule has 4 nitrogen and oxygen atoms in total. The SMILES string of the molecule is Clc1ccccc1N/N=C\c1cn(-c2ccccc2)nc1-c1ccc(Br)cc1. The molecule has 4 rings (SSSR count). The fraction of sp³-hybridized carbons (Fsp3) is 0. The summed E-state index contributed by atoms with van der Waals surface area (Å²) < 4.78 is 2.88. The van der Waals surface area contributed by atoms with Gasteiger partial charge >= 0.3 is 0 Å². The van der Waals surface area contributed by atoms with Crippen molar-refractivity contribution < 1.29 is 0 Å². The van der Waals surface area contributed by atoms with E-state index in [1.807, 2.05) is 89.7 Å². The molecule has 0 aliphatic heterocycles. The molecule has 0 atom stereocenters. The number of hydrazone groups is 1. The lowest BCUT2D eigenvalue weighted by molar-refractivity contribution is 0.884. The van der Waals surface area contributed by atoms with Crippen molar-refractivity contribution in [3.8, 4) is 16.9 Å². The lowest BCUT2D eigenvalue weighted by Crippen LogP contribution is -1.93. The van der Waals surface area contributed by atoms with Crippen LogP contribution in [0.25, 0.3) is 16.9 Å². The van der Waals surface area contributed by atoms with Crippen LogP contribution in [0.5, 0.6) is 0 Å². The summed E-state index contributed by atoms with van der Waals surface area (Å²) in [6.07, 6.45) is 3.72. The van der Waals surface area contributed by atoms with Crippen LogP contribution >= 0.6 is 27.5 Å². The predicted molar refractivity (Wildman–Crippen MR) is 119 cm³/mol. The van der Waals surface area contributed by atoms with Crippen molar-refractivity contribution in [1.29, 1.82) is 0 Å². The van der Waals surface area contributed by atoms with Crippen molar-refractivity contribution in [3.63, 3.8) is 0 Å². The normalized spacial score (nSPS) is 11.1. The molecule has 4 aromatic rings. The van der Waals surface area contributed by atoms with Gasteiger partial charge in [-0.05, 0) is 36.4 Å². The third kappa shape index (κ3) is 4.16. The Balaban J connectivity index is 1.70. The number of aromatic nitrogens is 2. The van der Waals surface area contributed by atoms with Crippen molar-refractivity contribution >= 4 is 39.4 Å². The summed E-state index contributed by atoms with van der Waals surface area (Å²) >= 11 is 9.65. The second kappa shape index (κ2) is 8.42. The first-order valence-electron chi connectivity index (χ1n) is 8.65. The zero-order valence-corrected chi connectivity index (χ0v) is 17.1. The van der Waals surface area contributed by atoms with Crippen LogP contribution in [-0.4, -0.2) is 16.0 Å². The Labute approximate surface area is 176 Å². The van der Waals surface area contributed by atoms with E-state index in [0.717, 1.165) is 32.7 Å². The van der Waals surface area contributed by atoms with Gasteiger partial charge in [-0.3, -0.25) is 5.43 Å². The Morgan fingerprint density at radius 3 is 2.39 bits per heavy atom. The Morgan fingerprint density at radius 2 is 1.64 bits per heavy atom. The smallest absolute Gasteiger partial charge is 0.102 e. The van der Waals surface area contributed by atoms with E-state index < -0.39 is 0 Å². The molecule has 0 aliphatic rings. The van der Waals surface area contributed by atoms with E-state index in [0.29, 0.717) is 5.02 Å². The van der Waals surface area contributed by atoms with Gasteiger partial charge in [-0.2, -0.15) is 10.2 Å². The monoisotopic (exact) mass is 450 g/mol. The van der Waals surface area contributed by atoms with E-state index in [1.165, 1.54) is 0 Å². The zero-order chi connectivity index (χ0) is 19.3. The fourth-order valence-electron chi connectivity index (χ4n) is 2.75. The van der Waals surface area contributed by atoms with E-state index in [4.69, 9.17) is 16.7 Å². The molecule has 1 aromatic heterocycles. The highest BCUT2D eigenvalue weighted by Gasteiger charge is 2.11. The highest BCUT2D eigenvalue weighted by molar-refractivity contribution is 9.10. The number of nitrogens with zero attached hydrogens (tertiary/aromatic N) is 3. The van der Waals surface area contributed by atoms with Crippen LogP contribution < -0.4 is 5.43 Å². The van der Waals surface area contributed by atoms with E-state index in [2.05, 4.69) is 26.5 Å². The van der Waals surface area contributed by atoms with E-state index >= 15 is 0 Å². The summed E-state index contributed by atoms with van der Waals surface area (Å²) in [5.74, 6) is 0. The van der Waals surface area contributed by atoms with Crippen LogP contribution in [-0.2, 0) is 0 Å². The Bertz CT molecular complexity index is 1110. The van der Waals surface area contributed by atoms with Crippen LogP contribution in [0.3, 0.4) is 0 Å². The van der Waals surface area contributed by atoms with Gasteiger partial charge in [0.05, 0.1) is 22.6 Å². The van der Waals surface area contributed by atoms with Gasteiger partial charge in [0.2, 0.25) is 0 Å². The summed E-state index contributed by atoms with van der Waals surface area (Å²) in [5.41, 5.74) is 7.48. The number of hydrogen-bond acceptors (Lipinski definition) is 3. The zero-order valence-electron chi connectivity index (χ0n) is 14.8. The molecular formula is C22H16BrClN4. The molecule has 0 aliphatic carbocycles. The summed E-state index contributed by atoms with van der Waals surface area (Å²) in [6, 6.07) is 25.5. The van der Waals surface area contributed by atoms with Crippen molar-refractivity contribution in [2.24, 2.45) is 5.10 Å². The van der Waals surface area contributed by atoms with Crippen LogP contribution in [0, 0.1) is 0 Å². The lowest BCUT2D eigenvalue weighted by atomic mass is 10.1. The average molecular weight is 452 g/mol. The predicted octanol–water partition coefficient (Wildman–Crippen LogP) is 6.40. The number of hydrogen-bond donors (Lipinski definition) is 1. The van der Waals surface area contributed by atoms with Gasteiger partial charge in [0.25, 0.3) is 0 Å². The molecule has 6 heteroatoms. The van der Waals surface area contributed by atoms with Gasteiger partial charge in [0, 0.05) is 21.8 Å². The second-order valence-corrected chi connectivity index (χ2v) is 7.39. The van der Waals surface area contributed by atoms with Crippen molar-refractivity contribution in [3.05, 3.63) is 100 Å². The Hall–Kier alpha value is -2.89. The molecule has 0 spiro atoms. The van der Waals surface area contributed by atoms with Gasteiger partial charge in [0.15, 0.2) is 0 Å². The number of para-hydroxylation sites is 2. The standard InChI is InChI=1S/C22H16BrClN4/c23-18-12-10-16(11-13-18)22-17(14-25-26-21-9-5-4-8-20(21)24)15-28(27-22)19-6-2-1-3-7-19/h1-15,26H/b25-14-. The molecule has 0 bridgehead atoms. The first-order valence-corrected chi connectivity index (χ1v) is 9.82. The van der Waals surface area contributed by atoms with Gasteiger partial charge < -0.3 is 0 Å². The minimum absolute atomic E-state index is 0.618. The summed E-state index contributed by atoms with van der Waals surface area (Å²) in [4.78, 5) is 0. The molecule has 28 heavy (non-hydrogen) atoms. The first-order chi connectivity index (χ1) is 13.7. The molecule has 138 valence electrons. The largest absolute Gasteiger partial charge is 0.277 e. The van der Waals surface area contributed by atoms with Crippen LogP contribution in [0.4, 0.5) is 5.69 Å². The average Bonchev–Trinajstić information content (AvgIpc) is 3.15. The first kappa shape index (κ1) is 18.5. The maximum atomic E-state index is 6.17. The van der Waals surface area contributed by atoms with Crippen LogP contribution in [0.15, 0.2) is 94.6 Å². The summed E-state index contributed by atoms with van der Waals surface area (Å²) in [7, 11) is 0. The molecular weight excluding hydrogens is 436 g/mol. The number of rotatable bonds is 5. The highest BCUT2D eigenvalue weighted by atomic mass is 79.9. The van der Waals surface area contributed by atoms with Crippen molar-refractivity contribution in [1.82, 2.24) is 9.78 Å². The number of benzene rings is 3. The van der Waals surface area contributed by atoms with Gasteiger partial charge in [0.1, 0.15) is 5.69 Å². The highest BCUT2D eigenvalue weighted by Crippen LogP contribution is 2.25. The molecule has 1 N–H and O–H groups in total. The molecule has 1 heterocycles. The number of anilines is 1. The summed E-state index contributed by atoms with van der Waals surface area (Å²) in [5, 5.41) is 9.76. The Morgan fingerprint density at radius 1 is 0.929 bits per heavy atom. The quantitative estimate of drug-likeness (QED) is 0.282. The molecule has 0 fully saturated rings. The van der Waals surface area contributed by atoms with Crippen molar-refractivity contribution in [2.45, 2.75) is 0 Å². The molecule has 0 radical (unpaired) electrons. The minimum atomic E-state index is 0.618. The number of nitrogens with one attached hydrogen (secondary N) is 1. The minimum Gasteiger partial charge on any atom is -0.277 e. The maximum absolute atomic E-state index is 6.17. The molecule has 0 saturated carbocycles. The molecule has 0 unspecified atom stereocenters. The third-order valence-corrected chi connectivity index (χ3v) is 5.00. The van der Waals surface area contributed by atoms with Gasteiger partial charge in [-0.25, -0.2) is 4.68 Å². The van der Waals surface area contributed by atoms with Gasteiger partial charge in [-0.15, -0.1) is 0 Å². The molecule has 0 amide bonds. The van der Waals surface area contributed by atoms with Gasteiger partial charge in [-0.1, -0.05) is 70.0 Å². The Kier molecular flexibility index (Phi) is 5.55. The maximum Gasteiger partial charge on any atom is 0.102 e. The van der Waals surface area contributed by atoms with Crippen LogP contribution in [0.1, 0.15) is 5.56 Å². The second-order valence-electron chi connectivity index (χ2n) is 6.07. The lowest BCUT2D eigenvalue weighted by Gasteiger charge is -2.02. The fourth-order valence-corrected chi connectivity index (χ4v) is 3.19. The number of halogens is 2. The molecule has 3 aromatic carbocycles. The summed E-state index contributed by atoms with van der Waals surface area (Å²) in [6.45, 7) is 0.